The highest BCUT2D eigenvalue weighted by molar-refractivity contribution is 5.22. The number of hydrogen-bond acceptors (Lipinski definition) is 1. The molecule has 0 atom stereocenters. The highest BCUT2D eigenvalue weighted by Gasteiger charge is 2.30. The van der Waals surface area contributed by atoms with E-state index in [9.17, 15) is 0 Å². The Kier molecular flexibility index (Phi) is 10.0. The van der Waals surface area contributed by atoms with Gasteiger partial charge in [-0.05, 0) is 99.0 Å². The van der Waals surface area contributed by atoms with Gasteiger partial charge in [-0.3, -0.25) is 0 Å². The molecule has 0 spiro atoms. The summed E-state index contributed by atoms with van der Waals surface area (Å²) in [6.45, 7) is 2.27. The largest absolute Gasteiger partial charge is 0.193 e. The number of aryl methyl sites for hydroxylation is 2. The number of unbranched alkanes of at least 4 members (excludes halogenated alkanes) is 2. The number of hydrogen-bond donors (Lipinski definition) is 0. The summed E-state index contributed by atoms with van der Waals surface area (Å²) in [5.74, 6) is 3.63. The average molecular weight is 406 g/mol. The lowest BCUT2D eigenvalue weighted by Crippen LogP contribution is -2.25. The summed E-state index contributed by atoms with van der Waals surface area (Å²) in [5.41, 5.74) is 3.03. The second-order valence-corrected chi connectivity index (χ2v) is 10.1. The zero-order valence-corrected chi connectivity index (χ0v) is 19.3. The van der Waals surface area contributed by atoms with Gasteiger partial charge in [-0.25, -0.2) is 0 Å². The van der Waals surface area contributed by atoms with Crippen LogP contribution in [-0.4, -0.2) is 0 Å². The number of allylic oxidation sites excluding steroid dienone is 2. The van der Waals surface area contributed by atoms with Crippen LogP contribution in [-0.2, 0) is 12.8 Å². The highest BCUT2D eigenvalue weighted by Crippen LogP contribution is 2.42. The van der Waals surface area contributed by atoms with Crippen LogP contribution in [0.5, 0.6) is 0 Å². The molecule has 2 aliphatic rings. The SMILES string of the molecule is CCCCc1ccc(CCCCC2CCC(C3CCC(/C=C/C#N)CC3)CC2)cc1. The lowest BCUT2D eigenvalue weighted by molar-refractivity contribution is 0.151. The quantitative estimate of drug-likeness (QED) is 0.283. The van der Waals surface area contributed by atoms with E-state index in [1.807, 2.05) is 0 Å². The third kappa shape index (κ3) is 7.61. The van der Waals surface area contributed by atoms with Crippen LogP contribution < -0.4 is 0 Å². The molecule has 1 heteroatoms. The van der Waals surface area contributed by atoms with Gasteiger partial charge in [0.05, 0.1) is 6.07 Å². The maximum Gasteiger partial charge on any atom is 0.0908 e. The molecule has 0 heterocycles. The molecule has 0 amide bonds. The van der Waals surface area contributed by atoms with E-state index in [2.05, 4.69) is 43.3 Å². The summed E-state index contributed by atoms with van der Waals surface area (Å²) in [4.78, 5) is 0. The molecule has 1 aromatic carbocycles. The van der Waals surface area contributed by atoms with Crippen LogP contribution in [0.2, 0.25) is 0 Å². The molecule has 2 aliphatic carbocycles. The molecule has 1 nitrogen and oxygen atoms in total. The predicted octanol–water partition coefficient (Wildman–Crippen LogP) is 8.43. The third-order valence-corrected chi connectivity index (χ3v) is 7.99. The first-order valence-electron chi connectivity index (χ1n) is 12.9. The van der Waals surface area contributed by atoms with E-state index in [0.717, 1.165) is 17.8 Å². The van der Waals surface area contributed by atoms with E-state index in [0.29, 0.717) is 5.92 Å². The molecular weight excluding hydrogens is 362 g/mol. The monoisotopic (exact) mass is 405 g/mol. The molecule has 0 unspecified atom stereocenters. The summed E-state index contributed by atoms with van der Waals surface area (Å²) in [6, 6.07) is 11.6. The Labute approximate surface area is 186 Å². The van der Waals surface area contributed by atoms with Crippen LogP contribution >= 0.6 is 0 Å². The second-order valence-electron chi connectivity index (χ2n) is 10.1. The molecule has 0 aliphatic heterocycles. The van der Waals surface area contributed by atoms with Crippen molar-refractivity contribution in [3.8, 4) is 6.07 Å². The maximum atomic E-state index is 8.71. The number of nitriles is 1. The van der Waals surface area contributed by atoms with Crippen molar-refractivity contribution in [2.24, 2.45) is 23.7 Å². The van der Waals surface area contributed by atoms with Crippen molar-refractivity contribution < 1.29 is 0 Å². The Morgan fingerprint density at radius 1 is 0.800 bits per heavy atom. The Morgan fingerprint density at radius 2 is 1.37 bits per heavy atom. The standard InChI is InChI=1S/C29H43N/c1-2-3-7-24-11-13-25(14-12-24)8-4-5-9-26-15-19-28(20-16-26)29-21-17-27(18-22-29)10-6-23-30/h6,10-14,26-29H,2-5,7-9,15-22H2,1H3/b10-6+. The molecule has 0 saturated heterocycles. The number of benzene rings is 1. The average Bonchev–Trinajstić information content (AvgIpc) is 2.81. The molecular formula is C29H43N. The summed E-state index contributed by atoms with van der Waals surface area (Å²) < 4.78 is 0. The van der Waals surface area contributed by atoms with Crippen molar-refractivity contribution in [1.29, 1.82) is 5.26 Å². The minimum absolute atomic E-state index is 0.671. The first-order chi connectivity index (χ1) is 14.8. The van der Waals surface area contributed by atoms with Crippen molar-refractivity contribution in [3.05, 3.63) is 47.5 Å². The normalized spacial score (nSPS) is 27.2. The highest BCUT2D eigenvalue weighted by atomic mass is 14.4. The Bertz CT molecular complexity index is 649. The van der Waals surface area contributed by atoms with Crippen molar-refractivity contribution in [2.45, 2.75) is 103 Å². The fraction of sp³-hybridized carbons (Fsp3) is 0.690. The smallest absolute Gasteiger partial charge is 0.0908 e. The maximum absolute atomic E-state index is 8.71. The van der Waals surface area contributed by atoms with Crippen LogP contribution in [0.1, 0.15) is 102 Å². The molecule has 0 N–H and O–H groups in total. The fourth-order valence-corrected chi connectivity index (χ4v) is 5.95. The lowest BCUT2D eigenvalue weighted by Gasteiger charge is -2.37. The fourth-order valence-electron chi connectivity index (χ4n) is 5.95. The number of rotatable bonds is 10. The topological polar surface area (TPSA) is 23.8 Å². The third-order valence-electron chi connectivity index (χ3n) is 7.99. The molecule has 1 aromatic rings. The molecule has 0 bridgehead atoms. The Morgan fingerprint density at radius 3 is 1.93 bits per heavy atom. The van der Waals surface area contributed by atoms with Crippen LogP contribution in [0, 0.1) is 35.0 Å². The number of nitrogens with zero attached hydrogens (tertiary/aromatic N) is 1. The predicted molar refractivity (Wildman–Crippen MR) is 128 cm³/mol. The summed E-state index contributed by atoms with van der Waals surface area (Å²) in [5, 5.41) is 8.71. The van der Waals surface area contributed by atoms with Gasteiger partial charge in [-0.1, -0.05) is 69.4 Å². The minimum atomic E-state index is 0.671. The first-order valence-corrected chi connectivity index (χ1v) is 12.9. The van der Waals surface area contributed by atoms with Crippen molar-refractivity contribution in [3.63, 3.8) is 0 Å². The van der Waals surface area contributed by atoms with E-state index >= 15 is 0 Å². The van der Waals surface area contributed by atoms with E-state index in [1.165, 1.54) is 107 Å². The molecule has 3 rings (SSSR count). The van der Waals surface area contributed by atoms with Gasteiger partial charge in [0.25, 0.3) is 0 Å². The van der Waals surface area contributed by atoms with Gasteiger partial charge in [0, 0.05) is 6.08 Å². The first kappa shape index (κ1) is 23.1. The van der Waals surface area contributed by atoms with Crippen LogP contribution in [0.4, 0.5) is 0 Å². The lowest BCUT2D eigenvalue weighted by atomic mass is 9.68. The molecule has 164 valence electrons. The van der Waals surface area contributed by atoms with Crippen molar-refractivity contribution >= 4 is 0 Å². The van der Waals surface area contributed by atoms with Crippen LogP contribution in [0.3, 0.4) is 0 Å². The second kappa shape index (κ2) is 13.0. The van der Waals surface area contributed by atoms with Gasteiger partial charge in [0.15, 0.2) is 0 Å². The van der Waals surface area contributed by atoms with E-state index < -0.39 is 0 Å². The van der Waals surface area contributed by atoms with Gasteiger partial charge in [-0.15, -0.1) is 0 Å². The Hall–Kier alpha value is -1.55. The van der Waals surface area contributed by atoms with Crippen LogP contribution in [0.15, 0.2) is 36.4 Å². The molecule has 2 saturated carbocycles. The summed E-state index contributed by atoms with van der Waals surface area (Å²) >= 11 is 0. The summed E-state index contributed by atoms with van der Waals surface area (Å²) in [6.07, 6.45) is 24.5. The minimum Gasteiger partial charge on any atom is -0.193 e. The molecule has 2 fully saturated rings. The molecule has 30 heavy (non-hydrogen) atoms. The zero-order chi connectivity index (χ0) is 21.0. The van der Waals surface area contributed by atoms with Crippen LogP contribution in [0.25, 0.3) is 0 Å². The molecule has 0 aromatic heterocycles. The van der Waals surface area contributed by atoms with E-state index in [4.69, 9.17) is 5.26 Å². The molecule has 0 radical (unpaired) electrons. The van der Waals surface area contributed by atoms with Gasteiger partial charge in [0.2, 0.25) is 0 Å². The van der Waals surface area contributed by atoms with E-state index in [1.54, 1.807) is 6.08 Å². The van der Waals surface area contributed by atoms with Gasteiger partial charge >= 0.3 is 0 Å². The summed E-state index contributed by atoms with van der Waals surface area (Å²) in [7, 11) is 0. The van der Waals surface area contributed by atoms with E-state index in [-0.39, 0.29) is 0 Å². The Balaban J connectivity index is 1.27. The van der Waals surface area contributed by atoms with Crippen molar-refractivity contribution in [2.75, 3.05) is 0 Å². The van der Waals surface area contributed by atoms with Crippen molar-refractivity contribution in [1.82, 2.24) is 0 Å². The van der Waals surface area contributed by atoms with Gasteiger partial charge in [-0.2, -0.15) is 5.26 Å². The van der Waals surface area contributed by atoms with Gasteiger partial charge in [0.1, 0.15) is 0 Å². The van der Waals surface area contributed by atoms with Gasteiger partial charge < -0.3 is 0 Å². The zero-order valence-electron chi connectivity index (χ0n) is 19.3.